The summed E-state index contributed by atoms with van der Waals surface area (Å²) in [5, 5.41) is 0. The first-order valence-electron chi connectivity index (χ1n) is 2.44. The molecule has 0 aromatic heterocycles. The summed E-state index contributed by atoms with van der Waals surface area (Å²) in [6.45, 7) is 0. The van der Waals surface area contributed by atoms with Crippen LogP contribution >= 0.6 is 22.6 Å². The topological polar surface area (TPSA) is 0 Å². The first-order valence-corrected chi connectivity index (χ1v) is 3.97. The van der Waals surface area contributed by atoms with E-state index in [0.717, 1.165) is 4.43 Å². The van der Waals surface area contributed by atoms with E-state index < -0.39 is 0 Å². The first-order chi connectivity index (χ1) is 3.93. The monoisotopic (exact) mass is 488 g/mol. The van der Waals surface area contributed by atoms with Gasteiger partial charge in [0.15, 0.2) is 0 Å². The number of hydrogen-bond acceptors (Lipinski definition) is 0. The normalized spacial score (nSPS) is 8.11. The minimum Gasteiger partial charge on any atom is -0.184 e. The van der Waals surface area contributed by atoms with Gasteiger partial charge >= 0.3 is 0 Å². The van der Waals surface area contributed by atoms with Gasteiger partial charge in [-0.15, -0.1) is 5.56 Å². The summed E-state index contributed by atoms with van der Waals surface area (Å²) >= 11 is 2.34. The van der Waals surface area contributed by atoms with Crippen molar-refractivity contribution < 1.29 is 0 Å². The van der Waals surface area contributed by atoms with E-state index in [2.05, 4.69) is 40.8 Å². The fraction of sp³-hybridized carbons (Fsp3) is 0.143. The van der Waals surface area contributed by atoms with Gasteiger partial charge < -0.3 is 0 Å². The quantitative estimate of drug-likeness (QED) is 0.325. The Balaban J connectivity index is 0.000000640. The molecule has 0 unspecified atom stereocenters. The van der Waals surface area contributed by atoms with Crippen LogP contribution in [0.4, 0.5) is 0 Å². The fourth-order valence-electron chi connectivity index (χ4n) is 0.510. The van der Waals surface area contributed by atoms with Crippen LogP contribution in [0.15, 0.2) is 24.3 Å². The summed E-state index contributed by atoms with van der Waals surface area (Å²) in [7, 11) is 0. The number of alkyl halides is 1. The Morgan fingerprint density at radius 1 is 1.33 bits per heavy atom. The van der Waals surface area contributed by atoms with E-state index in [1.807, 2.05) is 12.1 Å². The Hall–Kier alpha value is -1.05. The molecule has 0 fully saturated rings. The molecule has 0 aliphatic heterocycles. The van der Waals surface area contributed by atoms with E-state index in [1.165, 1.54) is 5.56 Å². The molecule has 1 rings (SSSR count). The molecule has 0 saturated heterocycles. The summed E-state index contributed by atoms with van der Waals surface area (Å²) in [4.78, 5) is 0. The predicted octanol–water partition coefficient (Wildman–Crippen LogP) is 2.42. The molecule has 0 atom stereocenters. The van der Waals surface area contributed by atoms with Crippen molar-refractivity contribution in [2.45, 2.75) is 4.43 Å². The Labute approximate surface area is 63.1 Å². The summed E-state index contributed by atoms with van der Waals surface area (Å²) in [5.74, 6) is 0. The van der Waals surface area contributed by atoms with Crippen LogP contribution in [0.25, 0.3) is 0 Å². The molecule has 0 N–H and O–H groups in total. The van der Waals surface area contributed by atoms with Gasteiger partial charge in [0.2, 0.25) is 0 Å². The average molecular weight is 486 g/mol. The second kappa shape index (κ2) is 3.89. The summed E-state index contributed by atoms with van der Waals surface area (Å²) < 4.78 is 1.09. The molecule has 1 aromatic carbocycles. The second-order valence-electron chi connectivity index (χ2n) is 1.54. The molecular weight excluding hydrogens is 480 g/mol. The van der Waals surface area contributed by atoms with Crippen LogP contribution in [0, 0.1) is 6.07 Å². The summed E-state index contributed by atoms with van der Waals surface area (Å²) in [6, 6.07) is 11.0. The van der Waals surface area contributed by atoms with E-state index in [0.29, 0.717) is 0 Å². The van der Waals surface area contributed by atoms with Gasteiger partial charge in [-0.3, -0.25) is 0 Å². The minimum atomic E-state index is 0. The van der Waals surface area contributed by atoms with Crippen LogP contribution in [-0.4, -0.2) is 0 Å². The third-order valence-corrected chi connectivity index (χ3v) is 1.82. The third kappa shape index (κ3) is 2.13. The molecular formula is C7H6ISg-. The van der Waals surface area contributed by atoms with Crippen LogP contribution in [0.5, 0.6) is 0 Å². The third-order valence-electron chi connectivity index (χ3n) is 0.942. The predicted molar refractivity (Wildman–Crippen MR) is 43.0 cm³/mol. The SMILES string of the molecule is ICc1cc[c-]cc1.[Sg]. The molecule has 9 heavy (non-hydrogen) atoms. The standard InChI is InChI=1S/C7H6I.Sg/c8-6-7-4-2-1-3-5-7;/h2-5H,6H2;/q-1;. The van der Waals surface area contributed by atoms with Gasteiger partial charge in [0.05, 0.1) is 0 Å². The first kappa shape index (κ1) is 7.95. The average Bonchev–Trinajstić information content (AvgIpc) is 1.90. The molecule has 0 heterocycles. The fourth-order valence-corrected chi connectivity index (χ4v) is 1.02. The van der Waals surface area contributed by atoms with Crippen LogP contribution in [0.2, 0.25) is 0 Å². The Morgan fingerprint density at radius 3 is 2.22 bits per heavy atom. The van der Waals surface area contributed by atoms with Crippen molar-refractivity contribution in [3.8, 4) is 0 Å². The maximum Gasteiger partial charge on any atom is 0.00241 e. The number of benzene rings is 1. The molecule has 0 saturated carbocycles. The molecule has 0 spiro atoms. The van der Waals surface area contributed by atoms with Crippen molar-refractivity contribution in [1.82, 2.24) is 0 Å². The summed E-state index contributed by atoms with van der Waals surface area (Å²) in [5.41, 5.74) is 1.37. The van der Waals surface area contributed by atoms with Crippen LogP contribution in [-0.2, 0) is 4.43 Å². The van der Waals surface area contributed by atoms with E-state index in [9.17, 15) is 0 Å². The van der Waals surface area contributed by atoms with E-state index in [4.69, 9.17) is 0 Å². The van der Waals surface area contributed by atoms with Gasteiger partial charge in [0.1, 0.15) is 0 Å². The van der Waals surface area contributed by atoms with E-state index in [-0.39, 0.29) is 0 Å². The smallest absolute Gasteiger partial charge is 0.00241 e. The van der Waals surface area contributed by atoms with Gasteiger partial charge in [-0.2, -0.15) is 30.3 Å². The number of rotatable bonds is 1. The van der Waals surface area contributed by atoms with Crippen LogP contribution < -0.4 is 0 Å². The number of halogens is 1. The zero-order valence-electron chi connectivity index (χ0n) is 5.10. The van der Waals surface area contributed by atoms with Gasteiger partial charge in [0, 0.05) is 4.43 Å². The van der Waals surface area contributed by atoms with E-state index >= 15 is 0 Å². The molecule has 0 aliphatic rings. The maximum absolute atomic E-state index is 2.96. The van der Waals surface area contributed by atoms with Crippen molar-refractivity contribution >= 4 is 22.6 Å². The molecule has 44 valence electrons. The van der Waals surface area contributed by atoms with Crippen LogP contribution in [0.3, 0.4) is 0 Å². The van der Waals surface area contributed by atoms with Gasteiger partial charge in [-0.25, -0.2) is 0 Å². The van der Waals surface area contributed by atoms with Crippen molar-refractivity contribution in [3.63, 3.8) is 0 Å². The van der Waals surface area contributed by atoms with Crippen molar-refractivity contribution in [1.29, 1.82) is 0 Å². The molecule has 0 radical (unpaired) electrons. The maximum atomic E-state index is 2.96. The van der Waals surface area contributed by atoms with Gasteiger partial charge in [-0.1, -0.05) is 22.6 Å². The largest absolute Gasteiger partial charge is 0.184 e. The number of hydrogen-bond donors (Lipinski definition) is 0. The Morgan fingerprint density at radius 2 is 1.89 bits per heavy atom. The van der Waals surface area contributed by atoms with Crippen molar-refractivity contribution in [2.24, 2.45) is 0 Å². The van der Waals surface area contributed by atoms with Crippen LogP contribution in [0.1, 0.15) is 5.56 Å². The summed E-state index contributed by atoms with van der Waals surface area (Å²) in [6.07, 6.45) is 0. The molecule has 0 aliphatic carbocycles. The zero-order chi connectivity index (χ0) is 5.82. The van der Waals surface area contributed by atoms with E-state index in [1.54, 1.807) is 0 Å². The molecule has 1 aromatic rings. The Kier molecular flexibility index (Phi) is 3.44. The van der Waals surface area contributed by atoms with Gasteiger partial charge in [-0.05, 0) is 0 Å². The Bertz CT molecular complexity index is 150. The van der Waals surface area contributed by atoms with Crippen molar-refractivity contribution in [2.75, 3.05) is 0 Å². The second-order valence-corrected chi connectivity index (χ2v) is 2.30. The zero-order valence-corrected chi connectivity index (χ0v) is 13.7. The molecule has 0 amide bonds. The van der Waals surface area contributed by atoms with Gasteiger partial charge in [0.25, 0.3) is 0 Å². The molecule has 0 bridgehead atoms. The van der Waals surface area contributed by atoms with Crippen molar-refractivity contribution in [3.05, 3.63) is 35.9 Å². The minimum absolute atomic E-state index is 0. The molecule has 2 heteroatoms. The molecule has 0 nitrogen and oxygen atoms in total.